The molecular weight excluding hydrogens is 503 g/mol. The van der Waals surface area contributed by atoms with Crippen molar-refractivity contribution in [2.45, 2.75) is 37.3 Å². The van der Waals surface area contributed by atoms with Crippen LogP contribution in [0.4, 0.5) is 30.7 Å². The van der Waals surface area contributed by atoms with Crippen molar-refractivity contribution in [3.05, 3.63) is 106 Å². The zero-order valence-corrected chi connectivity index (χ0v) is 19.5. The average Bonchev–Trinajstić information content (AvgIpc) is 2.84. The molecule has 4 rings (SSSR count). The standard InChI is InChI=1S/C27H22F7NO2/c1-17(19-13-21(26(29,30)31)15-22(14-19)27(32,33)34)25(20-7-9-23(28)10-8-20)24(36)37-12-11-35(25)16-18-5-3-2-4-6-18/h2-10,13-15,17H,11-12,16H2,1H3/t17-,25+/m1/s1. The van der Waals surface area contributed by atoms with Gasteiger partial charge in [-0.15, -0.1) is 0 Å². The lowest BCUT2D eigenvalue weighted by atomic mass is 9.72. The van der Waals surface area contributed by atoms with Gasteiger partial charge < -0.3 is 4.74 Å². The molecule has 0 aliphatic carbocycles. The summed E-state index contributed by atoms with van der Waals surface area (Å²) in [7, 11) is 0. The van der Waals surface area contributed by atoms with Gasteiger partial charge in [-0.3, -0.25) is 4.90 Å². The van der Waals surface area contributed by atoms with Crippen molar-refractivity contribution >= 4 is 5.97 Å². The fourth-order valence-electron chi connectivity index (χ4n) is 4.85. The minimum atomic E-state index is -5.06. The Morgan fingerprint density at radius 3 is 2.00 bits per heavy atom. The van der Waals surface area contributed by atoms with E-state index in [9.17, 15) is 35.5 Å². The molecule has 10 heteroatoms. The second-order valence-corrected chi connectivity index (χ2v) is 8.88. The zero-order valence-electron chi connectivity index (χ0n) is 19.5. The Morgan fingerprint density at radius 2 is 1.46 bits per heavy atom. The topological polar surface area (TPSA) is 29.5 Å². The summed E-state index contributed by atoms with van der Waals surface area (Å²) in [5, 5.41) is 0. The molecule has 1 saturated heterocycles. The van der Waals surface area contributed by atoms with E-state index in [-0.39, 0.29) is 36.9 Å². The van der Waals surface area contributed by atoms with Crippen molar-refractivity contribution in [3.63, 3.8) is 0 Å². The van der Waals surface area contributed by atoms with Gasteiger partial charge in [-0.25, -0.2) is 9.18 Å². The molecule has 1 aliphatic heterocycles. The summed E-state index contributed by atoms with van der Waals surface area (Å²) >= 11 is 0. The number of morpholine rings is 1. The first-order chi connectivity index (χ1) is 17.3. The Bertz CT molecular complexity index is 1220. The molecule has 0 unspecified atom stereocenters. The predicted octanol–water partition coefficient (Wildman–Crippen LogP) is 6.92. The van der Waals surface area contributed by atoms with Gasteiger partial charge in [0.1, 0.15) is 12.4 Å². The van der Waals surface area contributed by atoms with E-state index in [2.05, 4.69) is 0 Å². The summed E-state index contributed by atoms with van der Waals surface area (Å²) in [6, 6.07) is 14.9. The number of carbonyl (C=O) groups is 1. The molecule has 3 nitrogen and oxygen atoms in total. The fraction of sp³-hybridized carbons (Fsp3) is 0.296. The highest BCUT2D eigenvalue weighted by Crippen LogP contribution is 2.47. The molecule has 0 amide bonds. The molecule has 3 aromatic carbocycles. The number of benzene rings is 3. The van der Waals surface area contributed by atoms with Crippen LogP contribution in [-0.2, 0) is 34.0 Å². The maximum Gasteiger partial charge on any atom is 0.416 e. The van der Waals surface area contributed by atoms with Gasteiger partial charge in [0.25, 0.3) is 0 Å². The lowest BCUT2D eigenvalue weighted by molar-refractivity contribution is -0.173. The highest BCUT2D eigenvalue weighted by atomic mass is 19.4. The number of esters is 1. The van der Waals surface area contributed by atoms with Crippen molar-refractivity contribution in [1.29, 1.82) is 0 Å². The maximum absolute atomic E-state index is 13.8. The van der Waals surface area contributed by atoms with Crippen LogP contribution in [0.15, 0.2) is 72.8 Å². The summed E-state index contributed by atoms with van der Waals surface area (Å²) in [6.45, 7) is 1.64. The van der Waals surface area contributed by atoms with Gasteiger partial charge in [0, 0.05) is 19.0 Å². The Balaban J connectivity index is 1.96. The number of halogens is 7. The number of hydrogen-bond donors (Lipinski definition) is 0. The molecule has 1 aliphatic rings. The highest BCUT2D eigenvalue weighted by molar-refractivity contribution is 5.85. The third-order valence-electron chi connectivity index (χ3n) is 6.64. The molecule has 1 fully saturated rings. The number of alkyl halides is 6. The first-order valence-corrected chi connectivity index (χ1v) is 11.3. The summed E-state index contributed by atoms with van der Waals surface area (Å²) in [5.41, 5.74) is -4.23. The predicted molar refractivity (Wildman–Crippen MR) is 121 cm³/mol. The summed E-state index contributed by atoms with van der Waals surface area (Å²) in [5.74, 6) is -2.72. The van der Waals surface area contributed by atoms with Gasteiger partial charge in [0.2, 0.25) is 0 Å². The third kappa shape index (κ3) is 5.20. The number of cyclic esters (lactones) is 1. The van der Waals surface area contributed by atoms with Crippen molar-refractivity contribution in [2.24, 2.45) is 0 Å². The molecule has 37 heavy (non-hydrogen) atoms. The monoisotopic (exact) mass is 525 g/mol. The largest absolute Gasteiger partial charge is 0.463 e. The van der Waals surface area contributed by atoms with Gasteiger partial charge in [-0.05, 0) is 47.0 Å². The van der Waals surface area contributed by atoms with Crippen LogP contribution in [0.2, 0.25) is 0 Å². The highest BCUT2D eigenvalue weighted by Gasteiger charge is 2.54. The Hall–Kier alpha value is -3.40. The van der Waals surface area contributed by atoms with Gasteiger partial charge in [0.05, 0.1) is 11.1 Å². The lowest BCUT2D eigenvalue weighted by Crippen LogP contribution is -2.60. The Kier molecular flexibility index (Phi) is 7.07. The molecule has 0 N–H and O–H groups in total. The normalized spacial score (nSPS) is 19.9. The molecule has 3 aromatic rings. The second kappa shape index (κ2) is 9.81. The van der Waals surface area contributed by atoms with Crippen molar-refractivity contribution < 1.29 is 40.3 Å². The van der Waals surface area contributed by atoms with E-state index >= 15 is 0 Å². The second-order valence-electron chi connectivity index (χ2n) is 8.88. The van der Waals surface area contributed by atoms with E-state index in [1.165, 1.54) is 19.1 Å². The van der Waals surface area contributed by atoms with E-state index in [1.54, 1.807) is 35.2 Å². The van der Waals surface area contributed by atoms with E-state index < -0.39 is 46.7 Å². The lowest BCUT2D eigenvalue weighted by Gasteiger charge is -2.49. The van der Waals surface area contributed by atoms with E-state index in [1.807, 2.05) is 0 Å². The smallest absolute Gasteiger partial charge is 0.416 e. The van der Waals surface area contributed by atoms with E-state index in [0.717, 1.165) is 17.7 Å². The average molecular weight is 525 g/mol. The minimum absolute atomic E-state index is 0.0300. The molecular formula is C27H22F7NO2. The molecule has 0 saturated carbocycles. The van der Waals surface area contributed by atoms with Gasteiger partial charge in [-0.2, -0.15) is 26.3 Å². The third-order valence-corrected chi connectivity index (χ3v) is 6.64. The maximum atomic E-state index is 13.8. The van der Waals surface area contributed by atoms with Gasteiger partial charge >= 0.3 is 18.3 Å². The number of carbonyl (C=O) groups excluding carboxylic acids is 1. The Labute approximate surface area is 208 Å². The van der Waals surface area contributed by atoms with Crippen LogP contribution >= 0.6 is 0 Å². The Morgan fingerprint density at radius 1 is 0.892 bits per heavy atom. The van der Waals surface area contributed by atoms with Crippen LogP contribution in [0, 0.1) is 5.82 Å². The molecule has 2 atom stereocenters. The van der Waals surface area contributed by atoms with E-state index in [4.69, 9.17) is 4.74 Å². The quantitative estimate of drug-likeness (QED) is 0.268. The van der Waals surface area contributed by atoms with Crippen molar-refractivity contribution in [1.82, 2.24) is 4.90 Å². The molecule has 0 radical (unpaired) electrons. The molecule has 0 bridgehead atoms. The van der Waals surface area contributed by atoms with Crippen LogP contribution in [0.3, 0.4) is 0 Å². The molecule has 196 valence electrons. The fourth-order valence-corrected chi connectivity index (χ4v) is 4.85. The molecule has 1 heterocycles. The van der Waals surface area contributed by atoms with Crippen LogP contribution in [0.25, 0.3) is 0 Å². The first-order valence-electron chi connectivity index (χ1n) is 11.3. The summed E-state index contributed by atoms with van der Waals surface area (Å²) in [6.07, 6.45) is -10.1. The van der Waals surface area contributed by atoms with Gasteiger partial charge in [-0.1, -0.05) is 49.4 Å². The van der Waals surface area contributed by atoms with Crippen LogP contribution in [0.5, 0.6) is 0 Å². The molecule has 0 spiro atoms. The van der Waals surface area contributed by atoms with Crippen LogP contribution in [-0.4, -0.2) is 24.0 Å². The minimum Gasteiger partial charge on any atom is -0.463 e. The summed E-state index contributed by atoms with van der Waals surface area (Å²) in [4.78, 5) is 15.2. The number of hydrogen-bond acceptors (Lipinski definition) is 3. The van der Waals surface area contributed by atoms with Crippen molar-refractivity contribution in [2.75, 3.05) is 13.2 Å². The number of ether oxygens (including phenoxy) is 1. The van der Waals surface area contributed by atoms with Crippen LogP contribution in [0.1, 0.15) is 40.7 Å². The first kappa shape index (κ1) is 26.7. The van der Waals surface area contributed by atoms with Crippen molar-refractivity contribution in [3.8, 4) is 0 Å². The summed E-state index contributed by atoms with van der Waals surface area (Å²) < 4.78 is 101. The number of nitrogens with zero attached hydrogens (tertiary/aromatic N) is 1. The van der Waals surface area contributed by atoms with Crippen LogP contribution < -0.4 is 0 Å². The number of rotatable bonds is 5. The SMILES string of the molecule is C[C@H](c1cc(C(F)(F)F)cc(C(F)(F)F)c1)[C@]1(c2ccc(F)cc2)C(=O)OCCN1Cc1ccccc1. The van der Waals surface area contributed by atoms with E-state index in [0.29, 0.717) is 12.1 Å². The zero-order chi connectivity index (χ0) is 27.0. The van der Waals surface area contributed by atoms with Gasteiger partial charge in [0.15, 0.2) is 5.54 Å². The molecule has 0 aromatic heterocycles.